The molecule has 0 bridgehead atoms. The fourth-order valence-corrected chi connectivity index (χ4v) is 2.93. The summed E-state index contributed by atoms with van der Waals surface area (Å²) in [6.45, 7) is 4.19. The van der Waals surface area contributed by atoms with Crippen molar-refractivity contribution < 1.29 is 14.3 Å². The number of methoxy groups -OCH3 is 1. The number of benzene rings is 1. The summed E-state index contributed by atoms with van der Waals surface area (Å²) in [5, 5.41) is 5.04. The van der Waals surface area contributed by atoms with Crippen molar-refractivity contribution in [3.63, 3.8) is 0 Å². The fraction of sp³-hybridized carbons (Fsp3) is 0.353. The van der Waals surface area contributed by atoms with Gasteiger partial charge in [0.05, 0.1) is 18.8 Å². The quantitative estimate of drug-likeness (QED) is 0.469. The second-order valence-corrected chi connectivity index (χ2v) is 6.20. The maximum absolute atomic E-state index is 11.0. The molecule has 1 saturated carbocycles. The number of rotatable bonds is 5. The van der Waals surface area contributed by atoms with Crippen molar-refractivity contribution in [1.82, 2.24) is 9.78 Å². The summed E-state index contributed by atoms with van der Waals surface area (Å²) in [5.74, 6) is 0.657. The average molecular weight is 348 g/mol. The van der Waals surface area contributed by atoms with Crippen LogP contribution in [0.2, 0.25) is 5.02 Å². The average Bonchev–Trinajstić information content (AvgIpc) is 3.29. The van der Waals surface area contributed by atoms with Crippen molar-refractivity contribution >= 4 is 29.7 Å². The Morgan fingerprint density at radius 3 is 2.54 bits per heavy atom. The smallest absolute Gasteiger partial charge is 0.299 e. The van der Waals surface area contributed by atoms with Crippen molar-refractivity contribution in [3.8, 4) is 5.88 Å². The molecule has 1 aromatic heterocycles. The molecule has 24 heavy (non-hydrogen) atoms. The van der Waals surface area contributed by atoms with Crippen LogP contribution in [0.25, 0.3) is 0 Å². The van der Waals surface area contributed by atoms with Gasteiger partial charge in [0.2, 0.25) is 11.8 Å². The van der Waals surface area contributed by atoms with E-state index in [-0.39, 0.29) is 11.9 Å². The Balaban J connectivity index is 2.11. The number of aliphatic imine (C=N–C) groups is 1. The molecule has 1 fully saturated rings. The zero-order chi connectivity index (χ0) is 17.3. The van der Waals surface area contributed by atoms with Crippen LogP contribution in [0.1, 0.15) is 35.7 Å². The van der Waals surface area contributed by atoms with Crippen LogP contribution < -0.4 is 4.74 Å². The van der Waals surface area contributed by atoms with Gasteiger partial charge in [0, 0.05) is 11.1 Å². The first-order valence-corrected chi connectivity index (χ1v) is 8.01. The highest BCUT2D eigenvalue weighted by molar-refractivity contribution is 6.30. The molecule has 0 radical (unpaired) electrons. The molecule has 0 spiro atoms. The van der Waals surface area contributed by atoms with E-state index in [9.17, 15) is 4.79 Å². The SMILES string of the molecule is COc1cc(C(=Nc2c(C)cc(Cl)cc2C)OC=O)n(C2CC2)n1. The lowest BCUT2D eigenvalue weighted by atomic mass is 10.1. The molecule has 1 aliphatic carbocycles. The van der Waals surface area contributed by atoms with E-state index in [1.165, 1.54) is 0 Å². The van der Waals surface area contributed by atoms with Gasteiger partial charge in [0.25, 0.3) is 6.47 Å². The first-order chi connectivity index (χ1) is 11.5. The summed E-state index contributed by atoms with van der Waals surface area (Å²) in [6, 6.07) is 5.66. The summed E-state index contributed by atoms with van der Waals surface area (Å²) in [5.41, 5.74) is 3.14. The minimum Gasteiger partial charge on any atom is -0.480 e. The molecule has 0 amide bonds. The Bertz CT molecular complexity index is 786. The molecule has 1 aromatic carbocycles. The zero-order valence-electron chi connectivity index (χ0n) is 13.7. The Morgan fingerprint density at radius 1 is 1.33 bits per heavy atom. The van der Waals surface area contributed by atoms with Gasteiger partial charge < -0.3 is 9.47 Å². The molecule has 3 rings (SSSR count). The Hall–Kier alpha value is -2.34. The van der Waals surface area contributed by atoms with Gasteiger partial charge in [-0.15, -0.1) is 5.10 Å². The lowest BCUT2D eigenvalue weighted by Gasteiger charge is -2.10. The minimum atomic E-state index is 0.196. The van der Waals surface area contributed by atoms with Gasteiger partial charge in [-0.3, -0.25) is 9.48 Å². The third-order valence-electron chi connectivity index (χ3n) is 3.86. The standard InChI is InChI=1S/C17H18ClN3O3/c1-10-6-12(18)7-11(2)16(10)19-17(24-9-22)14-8-15(23-3)20-21(14)13-4-5-13/h6-9,13H,4-5H2,1-3H3. The summed E-state index contributed by atoms with van der Waals surface area (Å²) < 4.78 is 12.2. The van der Waals surface area contributed by atoms with Crippen molar-refractivity contribution in [2.24, 2.45) is 4.99 Å². The molecule has 0 saturated heterocycles. The molecule has 0 unspecified atom stereocenters. The highest BCUT2D eigenvalue weighted by atomic mass is 35.5. The summed E-state index contributed by atoms with van der Waals surface area (Å²) in [7, 11) is 1.55. The fourth-order valence-electron chi connectivity index (χ4n) is 2.60. The summed E-state index contributed by atoms with van der Waals surface area (Å²) in [6.07, 6.45) is 2.07. The van der Waals surface area contributed by atoms with Crippen LogP contribution in [-0.2, 0) is 9.53 Å². The van der Waals surface area contributed by atoms with Crippen LogP contribution in [0.5, 0.6) is 5.88 Å². The van der Waals surface area contributed by atoms with Crippen molar-refractivity contribution in [1.29, 1.82) is 0 Å². The van der Waals surface area contributed by atoms with Gasteiger partial charge in [-0.2, -0.15) is 0 Å². The highest BCUT2D eigenvalue weighted by Gasteiger charge is 2.30. The van der Waals surface area contributed by atoms with Gasteiger partial charge in [-0.05, 0) is 49.9 Å². The van der Waals surface area contributed by atoms with Crippen LogP contribution in [0.3, 0.4) is 0 Å². The number of nitrogens with zero attached hydrogens (tertiary/aromatic N) is 3. The largest absolute Gasteiger partial charge is 0.480 e. The number of carbonyl (C=O) groups excluding carboxylic acids is 1. The summed E-state index contributed by atoms with van der Waals surface area (Å²) in [4.78, 5) is 15.6. The number of carbonyl (C=O) groups is 1. The van der Waals surface area contributed by atoms with Gasteiger partial charge in [0.1, 0.15) is 5.69 Å². The van der Waals surface area contributed by atoms with Crippen LogP contribution in [-0.4, -0.2) is 29.3 Å². The van der Waals surface area contributed by atoms with Crippen molar-refractivity contribution in [2.75, 3.05) is 7.11 Å². The lowest BCUT2D eigenvalue weighted by Crippen LogP contribution is -2.13. The predicted molar refractivity (Wildman–Crippen MR) is 91.3 cm³/mol. The minimum absolute atomic E-state index is 0.196. The molecule has 0 N–H and O–H groups in total. The summed E-state index contributed by atoms with van der Waals surface area (Å²) >= 11 is 6.07. The highest BCUT2D eigenvalue weighted by Crippen LogP contribution is 2.37. The Kier molecular flexibility index (Phi) is 4.57. The van der Waals surface area contributed by atoms with E-state index in [0.29, 0.717) is 23.1 Å². The topological polar surface area (TPSA) is 65.7 Å². The Morgan fingerprint density at radius 2 is 2.00 bits per heavy atom. The van der Waals surface area contributed by atoms with Gasteiger partial charge >= 0.3 is 0 Å². The lowest BCUT2D eigenvalue weighted by molar-refractivity contribution is -0.121. The van der Waals surface area contributed by atoms with Gasteiger partial charge in [-0.1, -0.05) is 11.6 Å². The molecular weight excluding hydrogens is 330 g/mol. The zero-order valence-corrected chi connectivity index (χ0v) is 14.5. The van der Waals surface area contributed by atoms with E-state index >= 15 is 0 Å². The number of ether oxygens (including phenoxy) is 2. The molecule has 2 aromatic rings. The number of hydrogen-bond donors (Lipinski definition) is 0. The Labute approximate surface area is 145 Å². The van der Waals surface area contributed by atoms with Crippen LogP contribution in [0.4, 0.5) is 5.69 Å². The molecule has 1 heterocycles. The van der Waals surface area contributed by atoms with Crippen molar-refractivity contribution in [2.45, 2.75) is 32.7 Å². The second-order valence-electron chi connectivity index (χ2n) is 5.77. The third-order valence-corrected chi connectivity index (χ3v) is 4.08. The maximum Gasteiger partial charge on any atom is 0.299 e. The van der Waals surface area contributed by atoms with Gasteiger partial charge in [0.15, 0.2) is 0 Å². The molecular formula is C17H18ClN3O3. The van der Waals surface area contributed by atoms with E-state index in [4.69, 9.17) is 21.1 Å². The van der Waals surface area contributed by atoms with E-state index in [1.54, 1.807) is 13.2 Å². The first kappa shape index (κ1) is 16.5. The molecule has 6 nitrogen and oxygen atoms in total. The van der Waals surface area contributed by atoms with E-state index in [0.717, 1.165) is 29.7 Å². The van der Waals surface area contributed by atoms with E-state index < -0.39 is 0 Å². The second kappa shape index (κ2) is 6.65. The molecule has 7 heteroatoms. The van der Waals surface area contributed by atoms with E-state index in [2.05, 4.69) is 10.1 Å². The molecule has 1 aliphatic rings. The van der Waals surface area contributed by atoms with E-state index in [1.807, 2.05) is 30.7 Å². The first-order valence-electron chi connectivity index (χ1n) is 7.63. The van der Waals surface area contributed by atoms with Crippen LogP contribution >= 0.6 is 11.6 Å². The molecule has 0 atom stereocenters. The number of halogens is 1. The molecule has 0 aliphatic heterocycles. The van der Waals surface area contributed by atoms with Crippen LogP contribution in [0.15, 0.2) is 23.2 Å². The number of aryl methyl sites for hydroxylation is 2. The number of aromatic nitrogens is 2. The van der Waals surface area contributed by atoms with Crippen molar-refractivity contribution in [3.05, 3.63) is 40.0 Å². The molecule has 126 valence electrons. The maximum atomic E-state index is 11.0. The van der Waals surface area contributed by atoms with Gasteiger partial charge in [-0.25, -0.2) is 4.99 Å². The predicted octanol–water partition coefficient (Wildman–Crippen LogP) is 3.75. The third kappa shape index (κ3) is 3.28. The monoisotopic (exact) mass is 347 g/mol. The number of hydrogen-bond acceptors (Lipinski definition) is 5. The van der Waals surface area contributed by atoms with Crippen LogP contribution in [0, 0.1) is 13.8 Å². The normalized spacial score (nSPS) is 14.6.